The first-order valence-corrected chi connectivity index (χ1v) is 7.31. The fourth-order valence-electron chi connectivity index (χ4n) is 2.33. The molecule has 2 aromatic rings. The van der Waals surface area contributed by atoms with Crippen molar-refractivity contribution in [2.45, 2.75) is 0 Å². The van der Waals surface area contributed by atoms with Crippen LogP contribution >= 0.6 is 0 Å². The van der Waals surface area contributed by atoms with Gasteiger partial charge in [-0.25, -0.2) is 0 Å². The number of carbonyl (C=O) groups excluding carboxylic acids is 1. The van der Waals surface area contributed by atoms with Gasteiger partial charge in [-0.15, -0.1) is 0 Å². The molecule has 1 heterocycles. The molecular formula is C19H17NO3. The standard InChI is InChI=1S/C19H17NO3/c1-22-18-9-5-3-7-16(18)20-19(21)11-10-14-12-15-6-2-4-8-17(15)23-13-14/h2-12H,13H2,1H3,(H,20,21)/b11-10+. The van der Waals surface area contributed by atoms with Crippen molar-refractivity contribution in [2.24, 2.45) is 0 Å². The van der Waals surface area contributed by atoms with Crippen LogP contribution in [0.15, 0.2) is 66.3 Å². The van der Waals surface area contributed by atoms with E-state index in [9.17, 15) is 4.79 Å². The normalized spacial score (nSPS) is 13.0. The molecule has 23 heavy (non-hydrogen) atoms. The van der Waals surface area contributed by atoms with E-state index in [4.69, 9.17) is 9.47 Å². The van der Waals surface area contributed by atoms with E-state index in [2.05, 4.69) is 5.32 Å². The highest BCUT2D eigenvalue weighted by Crippen LogP contribution is 2.26. The quantitative estimate of drug-likeness (QED) is 0.877. The summed E-state index contributed by atoms with van der Waals surface area (Å²) < 4.78 is 10.9. The van der Waals surface area contributed by atoms with Gasteiger partial charge >= 0.3 is 0 Å². The van der Waals surface area contributed by atoms with Crippen LogP contribution in [0.5, 0.6) is 11.5 Å². The topological polar surface area (TPSA) is 47.6 Å². The summed E-state index contributed by atoms with van der Waals surface area (Å²) in [5.41, 5.74) is 2.60. The Balaban J connectivity index is 1.69. The highest BCUT2D eigenvalue weighted by atomic mass is 16.5. The van der Waals surface area contributed by atoms with E-state index in [1.807, 2.05) is 42.5 Å². The van der Waals surface area contributed by atoms with Gasteiger partial charge in [0, 0.05) is 11.6 Å². The molecule has 3 rings (SSSR count). The van der Waals surface area contributed by atoms with Crippen LogP contribution in [0.4, 0.5) is 5.69 Å². The summed E-state index contributed by atoms with van der Waals surface area (Å²) in [5.74, 6) is 1.28. The first kappa shape index (κ1) is 14.9. The summed E-state index contributed by atoms with van der Waals surface area (Å²) in [6, 6.07) is 15.1. The highest BCUT2D eigenvalue weighted by molar-refractivity contribution is 6.00. The second-order valence-corrected chi connectivity index (χ2v) is 5.07. The number of fused-ring (bicyclic) bond motifs is 1. The maximum atomic E-state index is 12.0. The lowest BCUT2D eigenvalue weighted by Gasteiger charge is -2.15. The molecule has 0 spiro atoms. The molecule has 0 unspecified atom stereocenters. The summed E-state index contributed by atoms with van der Waals surface area (Å²) in [6.07, 6.45) is 5.28. The number of benzene rings is 2. The van der Waals surface area contributed by atoms with Crippen LogP contribution in [-0.2, 0) is 4.79 Å². The Morgan fingerprint density at radius 3 is 2.83 bits per heavy atom. The fraction of sp³-hybridized carbons (Fsp3) is 0.105. The van der Waals surface area contributed by atoms with Crippen LogP contribution in [0, 0.1) is 0 Å². The molecule has 0 aliphatic carbocycles. The zero-order chi connectivity index (χ0) is 16.1. The SMILES string of the molecule is COc1ccccc1NC(=O)/C=C/C1=Cc2ccccc2OC1. The number of hydrogen-bond acceptors (Lipinski definition) is 3. The predicted molar refractivity (Wildman–Crippen MR) is 90.7 cm³/mol. The van der Waals surface area contributed by atoms with Gasteiger partial charge in [0.2, 0.25) is 5.91 Å². The number of para-hydroxylation sites is 3. The molecule has 2 aromatic carbocycles. The lowest BCUT2D eigenvalue weighted by molar-refractivity contribution is -0.111. The van der Waals surface area contributed by atoms with Gasteiger partial charge in [-0.05, 0) is 29.8 Å². The molecule has 1 aliphatic heterocycles. The molecule has 1 amide bonds. The molecule has 0 bridgehead atoms. The zero-order valence-electron chi connectivity index (χ0n) is 12.8. The largest absolute Gasteiger partial charge is 0.495 e. The minimum absolute atomic E-state index is 0.214. The van der Waals surface area contributed by atoms with Crippen LogP contribution in [0.25, 0.3) is 6.08 Å². The Hall–Kier alpha value is -3.01. The summed E-state index contributed by atoms with van der Waals surface area (Å²) in [6.45, 7) is 0.454. The third-order valence-electron chi connectivity index (χ3n) is 3.47. The zero-order valence-corrected chi connectivity index (χ0v) is 12.8. The molecule has 0 atom stereocenters. The van der Waals surface area contributed by atoms with Crippen molar-refractivity contribution < 1.29 is 14.3 Å². The molecule has 0 saturated heterocycles. The molecular weight excluding hydrogens is 290 g/mol. The minimum atomic E-state index is -0.214. The van der Waals surface area contributed by atoms with Gasteiger partial charge in [-0.3, -0.25) is 4.79 Å². The maximum absolute atomic E-state index is 12.0. The second-order valence-electron chi connectivity index (χ2n) is 5.07. The van der Waals surface area contributed by atoms with E-state index in [0.29, 0.717) is 18.0 Å². The van der Waals surface area contributed by atoms with Gasteiger partial charge in [-0.2, -0.15) is 0 Å². The molecule has 116 valence electrons. The predicted octanol–water partition coefficient (Wildman–Crippen LogP) is 3.67. The van der Waals surface area contributed by atoms with E-state index in [1.165, 1.54) is 6.08 Å². The number of ether oxygens (including phenoxy) is 2. The number of anilines is 1. The number of amides is 1. The molecule has 1 N–H and O–H groups in total. The molecule has 0 saturated carbocycles. The van der Waals surface area contributed by atoms with E-state index in [0.717, 1.165) is 16.9 Å². The summed E-state index contributed by atoms with van der Waals surface area (Å²) >= 11 is 0. The first-order valence-electron chi connectivity index (χ1n) is 7.31. The number of carbonyl (C=O) groups is 1. The van der Waals surface area contributed by atoms with Crippen LogP contribution in [0.2, 0.25) is 0 Å². The number of nitrogens with one attached hydrogen (secondary N) is 1. The van der Waals surface area contributed by atoms with Crippen LogP contribution < -0.4 is 14.8 Å². The molecule has 1 aliphatic rings. The van der Waals surface area contributed by atoms with Crippen molar-refractivity contribution >= 4 is 17.7 Å². The maximum Gasteiger partial charge on any atom is 0.248 e. The Bertz CT molecular complexity index is 778. The number of methoxy groups -OCH3 is 1. The average molecular weight is 307 g/mol. The third-order valence-corrected chi connectivity index (χ3v) is 3.47. The first-order chi connectivity index (χ1) is 11.3. The second kappa shape index (κ2) is 6.83. The van der Waals surface area contributed by atoms with Gasteiger partial charge in [0.05, 0.1) is 12.8 Å². The Morgan fingerprint density at radius 2 is 1.96 bits per heavy atom. The summed E-state index contributed by atoms with van der Waals surface area (Å²) in [4.78, 5) is 12.0. The lowest BCUT2D eigenvalue weighted by atomic mass is 10.1. The van der Waals surface area contributed by atoms with E-state index >= 15 is 0 Å². The van der Waals surface area contributed by atoms with Crippen LogP contribution in [0.3, 0.4) is 0 Å². The molecule has 0 radical (unpaired) electrons. The molecule has 0 fully saturated rings. The van der Waals surface area contributed by atoms with Gasteiger partial charge in [0.1, 0.15) is 18.1 Å². The Labute approximate surface area is 135 Å². The number of hydrogen-bond donors (Lipinski definition) is 1. The lowest BCUT2D eigenvalue weighted by Crippen LogP contribution is -2.10. The summed E-state index contributed by atoms with van der Waals surface area (Å²) in [5, 5.41) is 2.80. The van der Waals surface area contributed by atoms with Gasteiger partial charge < -0.3 is 14.8 Å². The van der Waals surface area contributed by atoms with Gasteiger partial charge in [0.25, 0.3) is 0 Å². The van der Waals surface area contributed by atoms with E-state index in [-0.39, 0.29) is 5.91 Å². The molecule has 4 nitrogen and oxygen atoms in total. The van der Waals surface area contributed by atoms with Crippen molar-refractivity contribution in [3.8, 4) is 11.5 Å². The Morgan fingerprint density at radius 1 is 1.17 bits per heavy atom. The Kier molecular flexibility index (Phi) is 4.43. The minimum Gasteiger partial charge on any atom is -0.495 e. The summed E-state index contributed by atoms with van der Waals surface area (Å²) in [7, 11) is 1.57. The fourth-order valence-corrected chi connectivity index (χ4v) is 2.33. The van der Waals surface area contributed by atoms with Gasteiger partial charge in [0.15, 0.2) is 0 Å². The van der Waals surface area contributed by atoms with Gasteiger partial charge in [-0.1, -0.05) is 36.4 Å². The average Bonchev–Trinajstić information content (AvgIpc) is 2.60. The van der Waals surface area contributed by atoms with Crippen LogP contribution in [-0.4, -0.2) is 19.6 Å². The van der Waals surface area contributed by atoms with Crippen molar-refractivity contribution in [1.82, 2.24) is 0 Å². The highest BCUT2D eigenvalue weighted by Gasteiger charge is 2.09. The van der Waals surface area contributed by atoms with Crippen molar-refractivity contribution in [3.63, 3.8) is 0 Å². The monoisotopic (exact) mass is 307 g/mol. The third kappa shape index (κ3) is 3.61. The molecule has 0 aromatic heterocycles. The van der Waals surface area contributed by atoms with Crippen molar-refractivity contribution in [1.29, 1.82) is 0 Å². The molecule has 4 heteroatoms. The van der Waals surface area contributed by atoms with Crippen molar-refractivity contribution in [3.05, 3.63) is 71.8 Å². The smallest absolute Gasteiger partial charge is 0.248 e. The van der Waals surface area contributed by atoms with Crippen LogP contribution in [0.1, 0.15) is 5.56 Å². The van der Waals surface area contributed by atoms with E-state index in [1.54, 1.807) is 25.3 Å². The number of rotatable bonds is 4. The van der Waals surface area contributed by atoms with Crippen molar-refractivity contribution in [2.75, 3.05) is 19.0 Å². The van der Waals surface area contributed by atoms with E-state index < -0.39 is 0 Å².